The van der Waals surface area contributed by atoms with Crippen LogP contribution in [0.1, 0.15) is 12.5 Å². The summed E-state index contributed by atoms with van der Waals surface area (Å²) >= 11 is 0. The first kappa shape index (κ1) is 16.6. The van der Waals surface area contributed by atoms with Gasteiger partial charge in [0.2, 0.25) is 5.91 Å². The van der Waals surface area contributed by atoms with E-state index in [0.29, 0.717) is 4.31 Å². The summed E-state index contributed by atoms with van der Waals surface area (Å²) in [7, 11) is -8.49. The van der Waals surface area contributed by atoms with Crippen molar-refractivity contribution in [3.05, 3.63) is 29.8 Å². The van der Waals surface area contributed by atoms with Crippen molar-refractivity contribution in [3.8, 4) is 0 Å². The van der Waals surface area contributed by atoms with Crippen LogP contribution in [0.2, 0.25) is 0 Å². The molecule has 0 aliphatic rings. The molecule has 0 aliphatic heterocycles. The number of aryl methyl sites for hydroxylation is 1. The molecule has 7 nitrogen and oxygen atoms in total. The first-order valence-electron chi connectivity index (χ1n) is 5.59. The van der Waals surface area contributed by atoms with Crippen molar-refractivity contribution in [2.24, 2.45) is 0 Å². The van der Waals surface area contributed by atoms with Crippen LogP contribution in [0.3, 0.4) is 0 Å². The minimum Gasteiger partial charge on any atom is -0.285 e. The lowest BCUT2D eigenvalue weighted by Gasteiger charge is -2.20. The fourth-order valence-electron chi connectivity index (χ4n) is 1.48. The summed E-state index contributed by atoms with van der Waals surface area (Å²) < 4.78 is 54.9. The summed E-state index contributed by atoms with van der Waals surface area (Å²) in [6, 6.07) is 5.78. The molecule has 1 rings (SSSR count). The lowest BCUT2D eigenvalue weighted by molar-refractivity contribution is -0.124. The maximum Gasteiger partial charge on any atom is 0.266 e. The van der Waals surface area contributed by atoms with E-state index in [0.717, 1.165) is 12.5 Å². The molecule has 1 amide bonds. The van der Waals surface area contributed by atoms with Gasteiger partial charge in [0.25, 0.3) is 20.1 Å². The predicted molar refractivity (Wildman–Crippen MR) is 72.2 cm³/mol. The Bertz CT molecular complexity index is 691. The molecule has 1 aromatic carbocycles. The molecule has 1 aromatic rings. The van der Waals surface area contributed by atoms with Crippen LogP contribution in [0.4, 0.5) is 0 Å². The van der Waals surface area contributed by atoms with Crippen LogP contribution in [-0.4, -0.2) is 43.9 Å². The fourth-order valence-corrected chi connectivity index (χ4v) is 3.42. The van der Waals surface area contributed by atoms with Crippen LogP contribution in [0, 0.1) is 6.92 Å². The van der Waals surface area contributed by atoms with Crippen molar-refractivity contribution in [1.29, 1.82) is 0 Å². The molecule has 0 saturated heterocycles. The Kier molecular flexibility index (Phi) is 4.90. The molecule has 20 heavy (non-hydrogen) atoms. The molecule has 0 unspecified atom stereocenters. The third-order valence-electron chi connectivity index (χ3n) is 2.51. The Balaban J connectivity index is 3.13. The number of sulfonamides is 1. The zero-order valence-electron chi connectivity index (χ0n) is 11.0. The van der Waals surface area contributed by atoms with Crippen molar-refractivity contribution < 1.29 is 26.2 Å². The van der Waals surface area contributed by atoms with E-state index in [1.807, 2.05) is 0 Å². The second kappa shape index (κ2) is 5.90. The lowest BCUT2D eigenvalue weighted by atomic mass is 10.2. The van der Waals surface area contributed by atoms with Crippen LogP contribution >= 0.6 is 0 Å². The summed E-state index contributed by atoms with van der Waals surface area (Å²) in [6.45, 7) is 2.15. The highest BCUT2D eigenvalue weighted by Gasteiger charge is 2.27. The number of nitrogens with zero attached hydrogens (tertiary/aromatic N) is 1. The summed E-state index contributed by atoms with van der Waals surface area (Å²) in [6.07, 6.45) is 0. The Morgan fingerprint density at radius 3 is 2.05 bits per heavy atom. The SMILES string of the molecule is CC(=O)N(CCS(=O)(=O)O)S(=O)(=O)c1ccc(C)cc1. The van der Waals surface area contributed by atoms with E-state index in [1.165, 1.54) is 12.1 Å². The number of hydrogen-bond donors (Lipinski definition) is 1. The molecule has 0 aliphatic carbocycles. The summed E-state index contributed by atoms with van der Waals surface area (Å²) in [5.41, 5.74) is 0.844. The predicted octanol–water partition coefficient (Wildman–Crippen LogP) is 0.420. The average molecular weight is 321 g/mol. The molecule has 0 fully saturated rings. The second-order valence-corrected chi connectivity index (χ2v) is 7.63. The monoisotopic (exact) mass is 321 g/mol. The second-order valence-electron chi connectivity index (χ2n) is 4.20. The van der Waals surface area contributed by atoms with Gasteiger partial charge in [0.1, 0.15) is 0 Å². The standard InChI is InChI=1S/C11H15NO6S2/c1-9-3-5-11(6-4-9)20(17,18)12(10(2)13)7-8-19(14,15)16/h3-6H,7-8H2,1-2H3,(H,14,15,16). The molecule has 112 valence electrons. The van der Waals surface area contributed by atoms with Gasteiger partial charge in [0.15, 0.2) is 0 Å². The zero-order valence-corrected chi connectivity index (χ0v) is 12.6. The van der Waals surface area contributed by atoms with Gasteiger partial charge in [-0.3, -0.25) is 9.35 Å². The van der Waals surface area contributed by atoms with Crippen LogP contribution in [0.25, 0.3) is 0 Å². The van der Waals surface area contributed by atoms with Crippen molar-refractivity contribution in [1.82, 2.24) is 4.31 Å². The van der Waals surface area contributed by atoms with E-state index < -0.39 is 38.3 Å². The number of rotatable bonds is 5. The van der Waals surface area contributed by atoms with Gasteiger partial charge >= 0.3 is 0 Å². The van der Waals surface area contributed by atoms with Crippen LogP contribution in [0.15, 0.2) is 29.2 Å². The van der Waals surface area contributed by atoms with Crippen LogP contribution < -0.4 is 0 Å². The fraction of sp³-hybridized carbons (Fsp3) is 0.364. The lowest BCUT2D eigenvalue weighted by Crippen LogP contribution is -2.38. The molecule has 0 atom stereocenters. The third-order valence-corrected chi connectivity index (χ3v) is 5.10. The Labute approximate surface area is 118 Å². The topological polar surface area (TPSA) is 109 Å². The van der Waals surface area contributed by atoms with Gasteiger partial charge in [-0.05, 0) is 19.1 Å². The van der Waals surface area contributed by atoms with Gasteiger partial charge in [0.05, 0.1) is 17.2 Å². The van der Waals surface area contributed by atoms with Gasteiger partial charge in [-0.15, -0.1) is 0 Å². The van der Waals surface area contributed by atoms with Gasteiger partial charge in [-0.2, -0.15) is 8.42 Å². The molecule has 0 radical (unpaired) electrons. The Hall–Kier alpha value is -1.45. The van der Waals surface area contributed by atoms with E-state index in [2.05, 4.69) is 0 Å². The number of amides is 1. The van der Waals surface area contributed by atoms with Crippen molar-refractivity contribution in [3.63, 3.8) is 0 Å². The molecule has 0 heterocycles. The van der Waals surface area contributed by atoms with Crippen LogP contribution in [0.5, 0.6) is 0 Å². The molecule has 9 heteroatoms. The van der Waals surface area contributed by atoms with Gasteiger partial charge in [-0.1, -0.05) is 17.7 Å². The first-order chi connectivity index (χ1) is 9.04. The molecular weight excluding hydrogens is 306 g/mol. The quantitative estimate of drug-likeness (QED) is 0.787. The van der Waals surface area contributed by atoms with Crippen molar-refractivity contribution >= 4 is 26.0 Å². The molecule has 0 spiro atoms. The van der Waals surface area contributed by atoms with Crippen molar-refractivity contribution in [2.45, 2.75) is 18.7 Å². The number of carbonyl (C=O) groups is 1. The zero-order chi connectivity index (χ0) is 15.6. The number of carbonyl (C=O) groups excluding carboxylic acids is 1. The molecule has 0 aromatic heterocycles. The smallest absolute Gasteiger partial charge is 0.266 e. The highest BCUT2D eigenvalue weighted by atomic mass is 32.2. The molecule has 0 bridgehead atoms. The molecular formula is C11H15NO6S2. The highest BCUT2D eigenvalue weighted by molar-refractivity contribution is 7.89. The Morgan fingerprint density at radius 1 is 1.15 bits per heavy atom. The van der Waals surface area contributed by atoms with E-state index in [9.17, 15) is 21.6 Å². The summed E-state index contributed by atoms with van der Waals surface area (Å²) in [4.78, 5) is 11.3. The summed E-state index contributed by atoms with van der Waals surface area (Å²) in [5, 5.41) is 0. The maximum atomic E-state index is 12.2. The van der Waals surface area contributed by atoms with E-state index in [1.54, 1.807) is 19.1 Å². The highest BCUT2D eigenvalue weighted by Crippen LogP contribution is 2.16. The minimum atomic E-state index is -4.36. The largest absolute Gasteiger partial charge is 0.285 e. The molecule has 1 N–H and O–H groups in total. The number of benzene rings is 1. The van der Waals surface area contributed by atoms with Crippen LogP contribution in [-0.2, 0) is 24.9 Å². The van der Waals surface area contributed by atoms with Gasteiger partial charge < -0.3 is 0 Å². The molecule has 0 saturated carbocycles. The minimum absolute atomic E-state index is 0.117. The van der Waals surface area contributed by atoms with E-state index >= 15 is 0 Å². The summed E-state index contributed by atoms with van der Waals surface area (Å²) in [5.74, 6) is -1.67. The first-order valence-corrected chi connectivity index (χ1v) is 8.64. The number of hydrogen-bond acceptors (Lipinski definition) is 5. The van der Waals surface area contributed by atoms with Gasteiger partial charge in [0, 0.05) is 6.92 Å². The maximum absolute atomic E-state index is 12.2. The third kappa shape index (κ3) is 4.29. The van der Waals surface area contributed by atoms with Crippen molar-refractivity contribution in [2.75, 3.05) is 12.3 Å². The van der Waals surface area contributed by atoms with E-state index in [4.69, 9.17) is 4.55 Å². The Morgan fingerprint density at radius 2 is 1.65 bits per heavy atom. The average Bonchev–Trinajstić information content (AvgIpc) is 2.27. The van der Waals surface area contributed by atoms with Gasteiger partial charge in [-0.25, -0.2) is 12.7 Å². The van der Waals surface area contributed by atoms with E-state index in [-0.39, 0.29) is 4.90 Å². The normalized spacial score (nSPS) is 12.2.